The van der Waals surface area contributed by atoms with Crippen LogP contribution in [-0.4, -0.2) is 19.1 Å². The number of halogens is 2. The van der Waals surface area contributed by atoms with Crippen molar-refractivity contribution in [1.82, 2.24) is 0 Å². The van der Waals surface area contributed by atoms with Crippen LogP contribution in [0, 0.1) is 5.92 Å². The highest BCUT2D eigenvalue weighted by Crippen LogP contribution is 2.27. The molecule has 1 amide bonds. The van der Waals surface area contributed by atoms with Gasteiger partial charge >= 0.3 is 0 Å². The van der Waals surface area contributed by atoms with Crippen LogP contribution in [0.2, 0.25) is 0 Å². The van der Waals surface area contributed by atoms with Crippen LogP contribution in [0.25, 0.3) is 0 Å². The molecular weight excluding hydrogens is 350 g/mol. The Bertz CT molecular complexity index is 417. The summed E-state index contributed by atoms with van der Waals surface area (Å²) in [7, 11) is 0. The van der Waals surface area contributed by atoms with Gasteiger partial charge in [0, 0.05) is 28.1 Å². The van der Waals surface area contributed by atoms with Crippen LogP contribution in [0.3, 0.4) is 0 Å². The third kappa shape index (κ3) is 3.53. The van der Waals surface area contributed by atoms with Crippen molar-refractivity contribution in [2.45, 2.75) is 12.8 Å². The molecule has 0 bridgehead atoms. The molecule has 1 aliphatic heterocycles. The summed E-state index contributed by atoms with van der Waals surface area (Å²) >= 11 is 6.81. The second-order valence-corrected chi connectivity index (χ2v) is 5.77. The average Bonchev–Trinajstić information content (AvgIpc) is 2.35. The highest BCUT2D eigenvalue weighted by atomic mass is 79.9. The predicted octanol–water partition coefficient (Wildman–Crippen LogP) is 3.58. The highest BCUT2D eigenvalue weighted by Gasteiger charge is 2.22. The quantitative estimate of drug-likeness (QED) is 0.873. The molecule has 1 fully saturated rings. The van der Waals surface area contributed by atoms with Crippen molar-refractivity contribution in [1.29, 1.82) is 0 Å². The third-order valence-electron chi connectivity index (χ3n) is 2.78. The van der Waals surface area contributed by atoms with Crippen LogP contribution < -0.4 is 5.32 Å². The maximum absolute atomic E-state index is 12.0. The molecule has 3 nitrogen and oxygen atoms in total. The summed E-state index contributed by atoms with van der Waals surface area (Å²) in [4.78, 5) is 12.0. The van der Waals surface area contributed by atoms with Gasteiger partial charge in [0.15, 0.2) is 0 Å². The van der Waals surface area contributed by atoms with Gasteiger partial charge in [0.1, 0.15) is 0 Å². The first-order valence-corrected chi connectivity index (χ1v) is 7.09. The summed E-state index contributed by atoms with van der Waals surface area (Å²) in [5.74, 6) is 0.140. The van der Waals surface area contributed by atoms with Gasteiger partial charge in [-0.1, -0.05) is 15.9 Å². The van der Waals surface area contributed by atoms with Gasteiger partial charge in [0.25, 0.3) is 0 Å². The van der Waals surface area contributed by atoms with Crippen LogP contribution in [-0.2, 0) is 9.53 Å². The van der Waals surface area contributed by atoms with E-state index in [1.807, 2.05) is 18.2 Å². The molecule has 5 heteroatoms. The zero-order chi connectivity index (χ0) is 12.3. The Labute approximate surface area is 117 Å². The highest BCUT2D eigenvalue weighted by molar-refractivity contribution is 9.11. The van der Waals surface area contributed by atoms with E-state index in [1.54, 1.807) is 0 Å². The van der Waals surface area contributed by atoms with Gasteiger partial charge in [0.2, 0.25) is 5.91 Å². The van der Waals surface area contributed by atoms with Gasteiger partial charge in [-0.05, 0) is 47.0 Å². The van der Waals surface area contributed by atoms with E-state index < -0.39 is 0 Å². The van der Waals surface area contributed by atoms with Gasteiger partial charge in [-0.3, -0.25) is 4.79 Å². The summed E-state index contributed by atoms with van der Waals surface area (Å²) in [6, 6.07) is 5.72. The zero-order valence-corrected chi connectivity index (χ0v) is 12.4. The molecule has 1 aliphatic rings. The Morgan fingerprint density at radius 1 is 1.29 bits per heavy atom. The minimum Gasteiger partial charge on any atom is -0.381 e. The molecule has 92 valence electrons. The molecule has 1 aromatic carbocycles. The Balaban J connectivity index is 2.04. The maximum atomic E-state index is 12.0. The fourth-order valence-electron chi connectivity index (χ4n) is 1.79. The molecule has 1 heterocycles. The average molecular weight is 363 g/mol. The minimum atomic E-state index is 0.0645. The standard InChI is InChI=1S/C12H13Br2NO2/c13-9-1-2-10(14)11(7-9)15-12(16)8-3-5-17-6-4-8/h1-2,7-8H,3-6H2,(H,15,16). The normalized spacial score (nSPS) is 16.8. The zero-order valence-electron chi connectivity index (χ0n) is 9.21. The fourth-order valence-corrected chi connectivity index (χ4v) is 2.49. The van der Waals surface area contributed by atoms with E-state index in [4.69, 9.17) is 4.74 Å². The molecule has 0 atom stereocenters. The van der Waals surface area contributed by atoms with Crippen molar-refractivity contribution >= 4 is 43.5 Å². The Morgan fingerprint density at radius 2 is 2.00 bits per heavy atom. The minimum absolute atomic E-state index is 0.0645. The van der Waals surface area contributed by atoms with E-state index in [-0.39, 0.29) is 11.8 Å². The number of hydrogen-bond acceptors (Lipinski definition) is 2. The summed E-state index contributed by atoms with van der Waals surface area (Å²) in [5, 5.41) is 2.95. The van der Waals surface area contributed by atoms with Crippen molar-refractivity contribution < 1.29 is 9.53 Å². The number of rotatable bonds is 2. The van der Waals surface area contributed by atoms with Gasteiger partial charge < -0.3 is 10.1 Å². The molecule has 1 N–H and O–H groups in total. The molecule has 0 aliphatic carbocycles. The first kappa shape index (κ1) is 13.1. The van der Waals surface area contributed by atoms with Crippen molar-refractivity contribution in [3.05, 3.63) is 27.1 Å². The molecule has 0 saturated carbocycles. The summed E-state index contributed by atoms with van der Waals surface area (Å²) in [6.07, 6.45) is 1.61. The molecule has 0 radical (unpaired) electrons. The van der Waals surface area contributed by atoms with Crippen molar-refractivity contribution in [3.8, 4) is 0 Å². The molecule has 1 aromatic rings. The molecule has 17 heavy (non-hydrogen) atoms. The fraction of sp³-hybridized carbons (Fsp3) is 0.417. The number of nitrogens with one attached hydrogen (secondary N) is 1. The molecule has 0 spiro atoms. The van der Waals surface area contributed by atoms with E-state index in [1.165, 1.54) is 0 Å². The Morgan fingerprint density at radius 3 is 2.71 bits per heavy atom. The first-order chi connectivity index (χ1) is 8.16. The lowest BCUT2D eigenvalue weighted by atomic mass is 9.99. The number of carbonyl (C=O) groups excluding carboxylic acids is 1. The predicted molar refractivity (Wildman–Crippen MR) is 74.0 cm³/mol. The first-order valence-electron chi connectivity index (χ1n) is 5.50. The van der Waals surface area contributed by atoms with Crippen LogP contribution in [0.5, 0.6) is 0 Å². The summed E-state index contributed by atoms with van der Waals surface area (Å²) in [6.45, 7) is 1.36. The van der Waals surface area contributed by atoms with Crippen molar-refractivity contribution in [2.75, 3.05) is 18.5 Å². The number of amides is 1. The van der Waals surface area contributed by atoms with Crippen LogP contribution in [0.1, 0.15) is 12.8 Å². The molecule has 0 aromatic heterocycles. The lowest BCUT2D eigenvalue weighted by Crippen LogP contribution is -2.28. The van der Waals surface area contributed by atoms with Gasteiger partial charge in [0.05, 0.1) is 5.69 Å². The molecular formula is C12H13Br2NO2. The van der Waals surface area contributed by atoms with E-state index in [0.717, 1.165) is 27.5 Å². The lowest BCUT2D eigenvalue weighted by molar-refractivity contribution is -0.122. The number of hydrogen-bond donors (Lipinski definition) is 1. The van der Waals surface area contributed by atoms with Crippen LogP contribution in [0.15, 0.2) is 27.1 Å². The summed E-state index contributed by atoms with van der Waals surface area (Å²) in [5.41, 5.74) is 0.802. The summed E-state index contributed by atoms with van der Waals surface area (Å²) < 4.78 is 7.08. The Kier molecular flexibility index (Phi) is 4.59. The van der Waals surface area contributed by atoms with Crippen LogP contribution >= 0.6 is 31.9 Å². The van der Waals surface area contributed by atoms with Crippen LogP contribution in [0.4, 0.5) is 5.69 Å². The number of carbonyl (C=O) groups is 1. The largest absolute Gasteiger partial charge is 0.381 e. The molecule has 2 rings (SSSR count). The molecule has 1 saturated heterocycles. The molecule has 0 unspecified atom stereocenters. The topological polar surface area (TPSA) is 38.3 Å². The van der Waals surface area contributed by atoms with Gasteiger partial charge in [-0.2, -0.15) is 0 Å². The smallest absolute Gasteiger partial charge is 0.227 e. The van der Waals surface area contributed by atoms with Gasteiger partial charge in [-0.15, -0.1) is 0 Å². The van der Waals surface area contributed by atoms with E-state index in [0.29, 0.717) is 13.2 Å². The third-order valence-corrected chi connectivity index (χ3v) is 3.96. The number of benzene rings is 1. The van der Waals surface area contributed by atoms with E-state index in [2.05, 4.69) is 37.2 Å². The number of anilines is 1. The monoisotopic (exact) mass is 361 g/mol. The van der Waals surface area contributed by atoms with E-state index in [9.17, 15) is 4.79 Å². The Hall–Kier alpha value is -0.390. The second kappa shape index (κ2) is 5.98. The van der Waals surface area contributed by atoms with Gasteiger partial charge in [-0.25, -0.2) is 0 Å². The number of ether oxygens (including phenoxy) is 1. The lowest BCUT2D eigenvalue weighted by Gasteiger charge is -2.21. The van der Waals surface area contributed by atoms with E-state index >= 15 is 0 Å². The van der Waals surface area contributed by atoms with Crippen molar-refractivity contribution in [3.63, 3.8) is 0 Å². The second-order valence-electron chi connectivity index (χ2n) is 4.00. The maximum Gasteiger partial charge on any atom is 0.227 e. The van der Waals surface area contributed by atoms with Crippen molar-refractivity contribution in [2.24, 2.45) is 5.92 Å². The SMILES string of the molecule is O=C(Nc1cc(Br)ccc1Br)C1CCOCC1.